The predicted molar refractivity (Wildman–Crippen MR) is 78.0 cm³/mol. The molecule has 0 atom stereocenters. The average Bonchev–Trinajstić information content (AvgIpc) is 3.23. The van der Waals surface area contributed by atoms with Gasteiger partial charge in [0.05, 0.1) is 0 Å². The van der Waals surface area contributed by atoms with Gasteiger partial charge in [0.25, 0.3) is 0 Å². The third kappa shape index (κ3) is 3.11. The lowest BCUT2D eigenvalue weighted by molar-refractivity contribution is -0.125. The molecular formula is C14H17BrFN3O. The Labute approximate surface area is 125 Å². The van der Waals surface area contributed by atoms with Gasteiger partial charge in [-0.05, 0) is 47.7 Å². The Bertz CT molecular complexity index is 513. The van der Waals surface area contributed by atoms with Crippen LogP contribution in [0.15, 0.2) is 16.7 Å². The average molecular weight is 342 g/mol. The molecule has 0 unspecified atom stereocenters. The summed E-state index contributed by atoms with van der Waals surface area (Å²) in [6.07, 6.45) is 5.34. The highest BCUT2D eigenvalue weighted by molar-refractivity contribution is 9.10. The molecule has 0 bridgehead atoms. The molecule has 1 aromatic rings. The number of pyridine rings is 1. The van der Waals surface area contributed by atoms with E-state index < -0.39 is 0 Å². The van der Waals surface area contributed by atoms with Crippen LogP contribution in [-0.4, -0.2) is 30.0 Å². The molecule has 108 valence electrons. The molecule has 1 N–H and O–H groups in total. The Kier molecular flexibility index (Phi) is 3.92. The van der Waals surface area contributed by atoms with Crippen molar-refractivity contribution >= 4 is 27.7 Å². The van der Waals surface area contributed by atoms with Crippen LogP contribution in [0.5, 0.6) is 0 Å². The molecule has 0 spiro atoms. The number of piperidine rings is 1. The number of hydrogen-bond donors (Lipinski definition) is 1. The van der Waals surface area contributed by atoms with E-state index in [0.29, 0.717) is 29.4 Å². The Balaban J connectivity index is 1.58. The summed E-state index contributed by atoms with van der Waals surface area (Å²) in [6.45, 7) is 1.35. The molecule has 6 heteroatoms. The van der Waals surface area contributed by atoms with Gasteiger partial charge < -0.3 is 10.2 Å². The van der Waals surface area contributed by atoms with E-state index in [4.69, 9.17) is 0 Å². The molecule has 2 aliphatic rings. The van der Waals surface area contributed by atoms with Crippen molar-refractivity contribution < 1.29 is 9.18 Å². The molecule has 1 amide bonds. The number of carbonyl (C=O) groups is 1. The summed E-state index contributed by atoms with van der Waals surface area (Å²) >= 11 is 3.20. The zero-order chi connectivity index (χ0) is 14.1. The number of carbonyl (C=O) groups excluding carboxylic acids is 1. The molecule has 3 rings (SSSR count). The molecule has 2 fully saturated rings. The van der Waals surface area contributed by atoms with Crippen LogP contribution in [0.25, 0.3) is 0 Å². The number of nitrogens with one attached hydrogen (secondary N) is 1. The van der Waals surface area contributed by atoms with E-state index in [9.17, 15) is 9.18 Å². The van der Waals surface area contributed by atoms with E-state index in [2.05, 4.69) is 26.2 Å². The third-order valence-corrected chi connectivity index (χ3v) is 4.31. The first-order valence-corrected chi connectivity index (χ1v) is 7.79. The maximum Gasteiger partial charge on any atom is 0.223 e. The highest BCUT2D eigenvalue weighted by Gasteiger charge is 2.30. The standard InChI is InChI=1S/C14H17BrFN3O/c15-10-7-12(16)13(17-8-10)19-5-3-9(4-6-19)14(20)18-11-1-2-11/h7-9,11H,1-6H2,(H,18,20). The Morgan fingerprint density at radius 2 is 2.05 bits per heavy atom. The Hall–Kier alpha value is -1.17. The molecule has 1 saturated carbocycles. The van der Waals surface area contributed by atoms with E-state index in [1.54, 1.807) is 6.20 Å². The van der Waals surface area contributed by atoms with Crippen molar-refractivity contribution in [2.75, 3.05) is 18.0 Å². The fourth-order valence-corrected chi connectivity index (χ4v) is 2.84. The number of halogens is 2. The van der Waals surface area contributed by atoms with Crippen molar-refractivity contribution in [3.8, 4) is 0 Å². The van der Waals surface area contributed by atoms with Crippen LogP contribution in [-0.2, 0) is 4.79 Å². The van der Waals surface area contributed by atoms with Crippen molar-refractivity contribution in [3.63, 3.8) is 0 Å². The molecule has 20 heavy (non-hydrogen) atoms. The highest BCUT2D eigenvalue weighted by atomic mass is 79.9. The van der Waals surface area contributed by atoms with Crippen LogP contribution in [0, 0.1) is 11.7 Å². The van der Waals surface area contributed by atoms with Crippen LogP contribution in [0.2, 0.25) is 0 Å². The molecule has 0 aromatic carbocycles. The fourth-order valence-electron chi connectivity index (χ4n) is 2.54. The van der Waals surface area contributed by atoms with Crippen molar-refractivity contribution in [1.29, 1.82) is 0 Å². The minimum absolute atomic E-state index is 0.0605. The quantitative estimate of drug-likeness (QED) is 0.918. The van der Waals surface area contributed by atoms with E-state index >= 15 is 0 Å². The topological polar surface area (TPSA) is 45.2 Å². The van der Waals surface area contributed by atoms with Gasteiger partial charge >= 0.3 is 0 Å². The smallest absolute Gasteiger partial charge is 0.223 e. The maximum absolute atomic E-state index is 13.9. The van der Waals surface area contributed by atoms with Crippen LogP contribution in [0.3, 0.4) is 0 Å². The lowest BCUT2D eigenvalue weighted by Gasteiger charge is -2.32. The largest absolute Gasteiger partial charge is 0.354 e. The van der Waals surface area contributed by atoms with Crippen molar-refractivity contribution in [2.24, 2.45) is 5.92 Å². The van der Waals surface area contributed by atoms with E-state index in [0.717, 1.165) is 25.7 Å². The minimum atomic E-state index is -0.319. The number of aromatic nitrogens is 1. The highest BCUT2D eigenvalue weighted by Crippen LogP contribution is 2.26. The van der Waals surface area contributed by atoms with Gasteiger partial charge in [-0.25, -0.2) is 9.37 Å². The lowest BCUT2D eigenvalue weighted by Crippen LogP contribution is -2.41. The van der Waals surface area contributed by atoms with Crippen molar-refractivity contribution in [2.45, 2.75) is 31.7 Å². The second-order valence-corrected chi connectivity index (χ2v) is 6.42. The molecule has 0 radical (unpaired) electrons. The molecule has 1 aliphatic heterocycles. The van der Waals surface area contributed by atoms with Crippen LogP contribution < -0.4 is 10.2 Å². The number of anilines is 1. The van der Waals surface area contributed by atoms with Gasteiger partial charge in [0.2, 0.25) is 5.91 Å². The number of amides is 1. The van der Waals surface area contributed by atoms with Crippen molar-refractivity contribution in [3.05, 3.63) is 22.6 Å². The van der Waals surface area contributed by atoms with Gasteiger partial charge in [0, 0.05) is 35.7 Å². The van der Waals surface area contributed by atoms with E-state index in [1.807, 2.05) is 4.90 Å². The SMILES string of the molecule is O=C(NC1CC1)C1CCN(c2ncc(Br)cc2F)CC1. The third-order valence-electron chi connectivity index (χ3n) is 3.88. The first-order valence-electron chi connectivity index (χ1n) is 7.00. The summed E-state index contributed by atoms with van der Waals surface area (Å²) in [6, 6.07) is 1.83. The summed E-state index contributed by atoms with van der Waals surface area (Å²) in [4.78, 5) is 18.0. The van der Waals surface area contributed by atoms with Gasteiger partial charge in [0.1, 0.15) is 0 Å². The molecule has 1 saturated heterocycles. The minimum Gasteiger partial charge on any atom is -0.354 e. The van der Waals surface area contributed by atoms with E-state index in [1.165, 1.54) is 6.07 Å². The summed E-state index contributed by atoms with van der Waals surface area (Å²) in [5, 5.41) is 3.04. The zero-order valence-electron chi connectivity index (χ0n) is 11.1. The van der Waals surface area contributed by atoms with Gasteiger partial charge in [0.15, 0.2) is 11.6 Å². The Morgan fingerprint density at radius 1 is 1.35 bits per heavy atom. The van der Waals surface area contributed by atoms with Crippen LogP contribution >= 0.6 is 15.9 Å². The van der Waals surface area contributed by atoms with Crippen molar-refractivity contribution in [1.82, 2.24) is 10.3 Å². The lowest BCUT2D eigenvalue weighted by atomic mass is 9.96. The Morgan fingerprint density at radius 3 is 2.65 bits per heavy atom. The zero-order valence-corrected chi connectivity index (χ0v) is 12.7. The molecule has 4 nitrogen and oxygen atoms in total. The summed E-state index contributed by atoms with van der Waals surface area (Å²) in [5.41, 5.74) is 0. The number of nitrogens with zero attached hydrogens (tertiary/aromatic N) is 2. The monoisotopic (exact) mass is 341 g/mol. The first kappa shape index (κ1) is 13.8. The van der Waals surface area contributed by atoms with Gasteiger partial charge in [-0.3, -0.25) is 4.79 Å². The molecule has 1 aliphatic carbocycles. The maximum atomic E-state index is 13.9. The van der Waals surface area contributed by atoms with Crippen LogP contribution in [0.4, 0.5) is 10.2 Å². The summed E-state index contributed by atoms with van der Waals surface area (Å²) in [7, 11) is 0. The van der Waals surface area contributed by atoms with Gasteiger partial charge in [-0.1, -0.05) is 0 Å². The number of hydrogen-bond acceptors (Lipinski definition) is 3. The summed E-state index contributed by atoms with van der Waals surface area (Å²) in [5.74, 6) is 0.288. The first-order chi connectivity index (χ1) is 9.63. The summed E-state index contributed by atoms with van der Waals surface area (Å²) < 4.78 is 14.5. The molecular weight excluding hydrogens is 325 g/mol. The number of rotatable bonds is 3. The van der Waals surface area contributed by atoms with Gasteiger partial charge in [-0.2, -0.15) is 0 Å². The normalized spacial score (nSPS) is 20.0. The van der Waals surface area contributed by atoms with Crippen LogP contribution in [0.1, 0.15) is 25.7 Å². The predicted octanol–water partition coefficient (Wildman–Crippen LogP) is 2.48. The van der Waals surface area contributed by atoms with E-state index in [-0.39, 0.29) is 17.6 Å². The van der Waals surface area contributed by atoms with Gasteiger partial charge in [-0.15, -0.1) is 0 Å². The molecule has 1 aromatic heterocycles. The fraction of sp³-hybridized carbons (Fsp3) is 0.571. The molecule has 2 heterocycles. The second kappa shape index (κ2) is 5.68. The second-order valence-electron chi connectivity index (χ2n) is 5.50.